The van der Waals surface area contributed by atoms with E-state index in [-0.39, 0.29) is 11.3 Å². The van der Waals surface area contributed by atoms with E-state index < -0.39 is 11.6 Å². The van der Waals surface area contributed by atoms with Gasteiger partial charge in [-0.3, -0.25) is 4.98 Å². The fourth-order valence-electron chi connectivity index (χ4n) is 4.19. The van der Waals surface area contributed by atoms with Crippen molar-refractivity contribution in [3.05, 3.63) is 41.6 Å². The van der Waals surface area contributed by atoms with Crippen molar-refractivity contribution in [1.29, 1.82) is 5.26 Å². The second-order valence-corrected chi connectivity index (χ2v) is 8.37. The Hall–Kier alpha value is -2.61. The van der Waals surface area contributed by atoms with Gasteiger partial charge in [0, 0.05) is 18.0 Å². The van der Waals surface area contributed by atoms with E-state index in [2.05, 4.69) is 49.3 Å². The molecule has 2 atom stereocenters. The number of aromatic nitrogens is 1. The third-order valence-electron chi connectivity index (χ3n) is 5.35. The average Bonchev–Trinajstić information content (AvgIpc) is 3.26. The molecule has 1 aliphatic carbocycles. The summed E-state index contributed by atoms with van der Waals surface area (Å²) in [5.74, 6) is 0.285. The maximum Gasteiger partial charge on any atom is 0.405 e. The lowest BCUT2D eigenvalue weighted by Crippen LogP contribution is -2.41. The smallest absolute Gasteiger partial charge is 0.405 e. The third kappa shape index (κ3) is 3.65. The van der Waals surface area contributed by atoms with Crippen LogP contribution in [-0.4, -0.2) is 21.7 Å². The summed E-state index contributed by atoms with van der Waals surface area (Å²) in [6, 6.07) is 10.3. The maximum atomic E-state index is 11.4. The number of hydrogen-bond donors (Lipinski definition) is 2. The first kappa shape index (κ1) is 18.2. The zero-order valence-corrected chi connectivity index (χ0v) is 15.5. The molecule has 0 bridgehead atoms. The molecule has 3 rings (SSSR count). The summed E-state index contributed by atoms with van der Waals surface area (Å²) in [6.07, 6.45) is 3.40. The van der Waals surface area contributed by atoms with Gasteiger partial charge in [-0.05, 0) is 53.9 Å². The van der Waals surface area contributed by atoms with Gasteiger partial charge in [-0.25, -0.2) is 4.79 Å². The summed E-state index contributed by atoms with van der Waals surface area (Å²) < 4.78 is 0. The molecule has 1 amide bonds. The molecule has 1 aromatic carbocycles. The molecule has 2 N–H and O–H groups in total. The van der Waals surface area contributed by atoms with Crippen molar-refractivity contribution in [3.63, 3.8) is 0 Å². The Morgan fingerprint density at radius 2 is 2.23 bits per heavy atom. The van der Waals surface area contributed by atoms with Crippen molar-refractivity contribution < 1.29 is 9.90 Å². The molecule has 0 aliphatic heterocycles. The minimum Gasteiger partial charge on any atom is -0.465 e. The van der Waals surface area contributed by atoms with Crippen molar-refractivity contribution in [2.24, 2.45) is 11.3 Å². The first-order valence-electron chi connectivity index (χ1n) is 9.00. The molecular weight excluding hydrogens is 326 g/mol. The zero-order chi connectivity index (χ0) is 18.9. The van der Waals surface area contributed by atoms with Crippen LogP contribution >= 0.6 is 0 Å². The molecule has 0 spiro atoms. The van der Waals surface area contributed by atoms with Gasteiger partial charge in [0.15, 0.2) is 0 Å². The highest BCUT2D eigenvalue weighted by atomic mass is 16.4. The lowest BCUT2D eigenvalue weighted by molar-refractivity contribution is 0.182. The molecule has 0 radical (unpaired) electrons. The lowest BCUT2D eigenvalue weighted by atomic mass is 9.85. The fraction of sp³-hybridized carbons (Fsp3) is 0.476. The van der Waals surface area contributed by atoms with Crippen LogP contribution in [0.25, 0.3) is 10.9 Å². The molecule has 26 heavy (non-hydrogen) atoms. The standard InChI is InChI=1S/C21H25N3O2/c1-20(2,3)17-13-21(17,24-19(25)26)12-16-11-14(6-4-8-22)10-15-7-5-9-23-18(15)16/h5,7,9-11,17,24H,4,6,12-13H2,1-3H3,(H,25,26). The third-order valence-corrected chi connectivity index (χ3v) is 5.35. The molecule has 136 valence electrons. The number of pyridine rings is 1. The number of fused-ring (bicyclic) bond motifs is 1. The second-order valence-electron chi connectivity index (χ2n) is 8.37. The number of carbonyl (C=O) groups is 1. The van der Waals surface area contributed by atoms with E-state index in [4.69, 9.17) is 5.26 Å². The Morgan fingerprint density at radius 1 is 1.46 bits per heavy atom. The summed E-state index contributed by atoms with van der Waals surface area (Å²) in [5.41, 5.74) is 2.66. The molecule has 1 aromatic heterocycles. The predicted octanol–water partition coefficient (Wildman–Crippen LogP) is 4.31. The van der Waals surface area contributed by atoms with E-state index in [1.807, 2.05) is 12.1 Å². The van der Waals surface area contributed by atoms with Gasteiger partial charge >= 0.3 is 6.09 Å². The average molecular weight is 351 g/mol. The highest BCUT2D eigenvalue weighted by molar-refractivity contribution is 5.83. The fourth-order valence-corrected chi connectivity index (χ4v) is 4.19. The van der Waals surface area contributed by atoms with Crippen molar-refractivity contribution in [3.8, 4) is 6.07 Å². The van der Waals surface area contributed by atoms with Crippen molar-refractivity contribution in [2.45, 2.75) is 52.0 Å². The predicted molar refractivity (Wildman–Crippen MR) is 101 cm³/mol. The number of nitrogens with one attached hydrogen (secondary N) is 1. The number of carboxylic acid groups (broad SMARTS) is 1. The van der Waals surface area contributed by atoms with E-state index in [1.54, 1.807) is 6.20 Å². The minimum atomic E-state index is -0.977. The normalized spacial score (nSPS) is 22.0. The summed E-state index contributed by atoms with van der Waals surface area (Å²) >= 11 is 0. The Labute approximate surface area is 154 Å². The Bertz CT molecular complexity index is 879. The van der Waals surface area contributed by atoms with E-state index >= 15 is 0 Å². The van der Waals surface area contributed by atoms with Gasteiger partial charge in [0.2, 0.25) is 0 Å². The van der Waals surface area contributed by atoms with Crippen LogP contribution in [0.1, 0.15) is 44.7 Å². The highest BCUT2D eigenvalue weighted by Gasteiger charge is 2.59. The van der Waals surface area contributed by atoms with Crippen LogP contribution in [0.15, 0.2) is 30.5 Å². The van der Waals surface area contributed by atoms with Gasteiger partial charge in [-0.1, -0.05) is 32.9 Å². The van der Waals surface area contributed by atoms with Gasteiger partial charge in [0.25, 0.3) is 0 Å². The topological polar surface area (TPSA) is 86.0 Å². The van der Waals surface area contributed by atoms with Crippen LogP contribution in [0.3, 0.4) is 0 Å². The SMILES string of the molecule is CC(C)(C)C1CC1(Cc1cc(CCC#N)cc2cccnc12)NC(=O)O. The summed E-state index contributed by atoms with van der Waals surface area (Å²) in [6.45, 7) is 6.47. The van der Waals surface area contributed by atoms with Gasteiger partial charge in [-0.2, -0.15) is 5.26 Å². The summed E-state index contributed by atoms with van der Waals surface area (Å²) in [5, 5.41) is 22.1. The number of nitrogens with zero attached hydrogens (tertiary/aromatic N) is 2. The Morgan fingerprint density at radius 3 is 2.85 bits per heavy atom. The maximum absolute atomic E-state index is 11.4. The Kier molecular flexibility index (Phi) is 4.62. The van der Waals surface area contributed by atoms with Crippen LogP contribution in [0.4, 0.5) is 4.79 Å². The molecule has 2 aromatic rings. The molecule has 1 fully saturated rings. The highest BCUT2D eigenvalue weighted by Crippen LogP contribution is 2.55. The molecular formula is C21H25N3O2. The van der Waals surface area contributed by atoms with Gasteiger partial charge < -0.3 is 10.4 Å². The number of benzene rings is 1. The van der Waals surface area contributed by atoms with Crippen LogP contribution in [0, 0.1) is 22.7 Å². The van der Waals surface area contributed by atoms with Gasteiger partial charge in [-0.15, -0.1) is 0 Å². The number of amides is 1. The van der Waals surface area contributed by atoms with Gasteiger partial charge in [0.05, 0.1) is 17.1 Å². The van der Waals surface area contributed by atoms with E-state index in [1.165, 1.54) is 0 Å². The summed E-state index contributed by atoms with van der Waals surface area (Å²) in [4.78, 5) is 16.0. The van der Waals surface area contributed by atoms with Crippen molar-refractivity contribution >= 4 is 17.0 Å². The van der Waals surface area contributed by atoms with E-state index in [0.717, 1.165) is 28.5 Å². The molecule has 2 unspecified atom stereocenters. The monoisotopic (exact) mass is 351 g/mol. The lowest BCUT2D eigenvalue weighted by Gasteiger charge is -2.26. The number of hydrogen-bond acceptors (Lipinski definition) is 3. The summed E-state index contributed by atoms with van der Waals surface area (Å²) in [7, 11) is 0. The molecule has 1 saturated carbocycles. The molecule has 0 saturated heterocycles. The van der Waals surface area contributed by atoms with Crippen LogP contribution < -0.4 is 5.32 Å². The van der Waals surface area contributed by atoms with Crippen LogP contribution in [0.2, 0.25) is 0 Å². The van der Waals surface area contributed by atoms with Crippen molar-refractivity contribution in [2.75, 3.05) is 0 Å². The van der Waals surface area contributed by atoms with Crippen molar-refractivity contribution in [1.82, 2.24) is 10.3 Å². The van der Waals surface area contributed by atoms with E-state index in [0.29, 0.717) is 19.3 Å². The number of rotatable bonds is 5. The number of nitriles is 1. The molecule has 1 aliphatic rings. The first-order chi connectivity index (χ1) is 12.2. The van der Waals surface area contributed by atoms with Crippen LogP contribution in [0.5, 0.6) is 0 Å². The minimum absolute atomic E-state index is 0.0318. The molecule has 5 nitrogen and oxygen atoms in total. The van der Waals surface area contributed by atoms with Crippen LogP contribution in [-0.2, 0) is 12.8 Å². The zero-order valence-electron chi connectivity index (χ0n) is 15.5. The second kappa shape index (κ2) is 6.60. The quantitative estimate of drug-likeness (QED) is 0.840. The molecule has 5 heteroatoms. The van der Waals surface area contributed by atoms with Gasteiger partial charge in [0.1, 0.15) is 0 Å². The Balaban J connectivity index is 2.00. The largest absolute Gasteiger partial charge is 0.465 e. The van der Waals surface area contributed by atoms with E-state index in [9.17, 15) is 9.90 Å². The molecule has 1 heterocycles. The number of aryl methyl sites for hydroxylation is 1. The first-order valence-corrected chi connectivity index (χ1v) is 9.00.